The molecule has 0 amide bonds. The molecule has 0 spiro atoms. The molecule has 7 heteroatoms. The molecular weight excluding hydrogens is 372 g/mol. The summed E-state index contributed by atoms with van der Waals surface area (Å²) in [4.78, 5) is 25.1. The fraction of sp³-hybridized carbons (Fsp3) is 0.895. The number of Topliss-reactive ketones (excluding diaryl/α,β-unsaturated/α-hetero) is 2. The maximum absolute atomic E-state index is 12.9. The predicted molar refractivity (Wildman–Crippen MR) is 105 cm³/mol. The molecule has 150 valence electrons. The second kappa shape index (κ2) is 6.59. The first-order chi connectivity index (χ1) is 11.9. The van der Waals surface area contributed by atoms with E-state index in [2.05, 4.69) is 0 Å². The van der Waals surface area contributed by atoms with Gasteiger partial charge in [-0.1, -0.05) is 26.7 Å². The van der Waals surface area contributed by atoms with Crippen molar-refractivity contribution in [2.45, 2.75) is 58.8 Å². The van der Waals surface area contributed by atoms with Gasteiger partial charge in [0.15, 0.2) is 0 Å². The Labute approximate surface area is 159 Å². The van der Waals surface area contributed by atoms with Crippen LogP contribution in [-0.2, 0) is 23.3 Å². The summed E-state index contributed by atoms with van der Waals surface area (Å²) in [5.74, 6) is 0.488. The number of rotatable bonds is 7. The maximum Gasteiger partial charge on any atom is 0.277 e. The summed E-state index contributed by atoms with van der Waals surface area (Å²) < 4.78 is 31.3. The van der Waals surface area contributed by atoms with Gasteiger partial charge in [0.1, 0.15) is 11.6 Å². The average molecular weight is 405 g/mol. The molecule has 0 radical (unpaired) electrons. The first kappa shape index (κ1) is 20.3. The topological polar surface area (TPSA) is 77.5 Å². The molecule has 26 heavy (non-hydrogen) atoms. The zero-order chi connectivity index (χ0) is 19.4. The Morgan fingerprint density at radius 2 is 1.77 bits per heavy atom. The van der Waals surface area contributed by atoms with Crippen molar-refractivity contribution in [3.05, 3.63) is 0 Å². The first-order valence-electron chi connectivity index (χ1n) is 9.59. The van der Waals surface area contributed by atoms with Gasteiger partial charge in [-0.2, -0.15) is 8.42 Å². The van der Waals surface area contributed by atoms with Crippen LogP contribution >= 0.6 is 10.3 Å². The van der Waals surface area contributed by atoms with E-state index in [1.165, 1.54) is 0 Å². The van der Waals surface area contributed by atoms with Crippen LogP contribution in [0.4, 0.5) is 0 Å². The normalized spacial score (nSPS) is 32.3. The highest BCUT2D eigenvalue weighted by atomic mass is 32.3. The molecule has 0 aromatic carbocycles. The van der Waals surface area contributed by atoms with E-state index in [9.17, 15) is 18.0 Å². The van der Waals surface area contributed by atoms with E-state index < -0.39 is 25.8 Å². The van der Waals surface area contributed by atoms with Gasteiger partial charge in [-0.3, -0.25) is 9.59 Å². The number of ketones is 2. The SMILES string of the molecule is CC1(C)C2CCC1(CS(=O)(=O)OS(C)(C)CC(=O)C1CCCC1)C(=O)C2. The lowest BCUT2D eigenvalue weighted by Crippen LogP contribution is -2.42. The first-order valence-corrected chi connectivity index (χ1v) is 13.7. The lowest BCUT2D eigenvalue weighted by molar-refractivity contribution is -0.128. The second-order valence-corrected chi connectivity index (χ2v) is 14.6. The highest BCUT2D eigenvalue weighted by Gasteiger charge is 2.65. The number of carbonyl (C=O) groups is 2. The van der Waals surface area contributed by atoms with Gasteiger partial charge < -0.3 is 0 Å². The monoisotopic (exact) mass is 404 g/mol. The number of hydrogen-bond donors (Lipinski definition) is 0. The molecule has 3 saturated carbocycles. The van der Waals surface area contributed by atoms with Crippen LogP contribution < -0.4 is 0 Å². The summed E-state index contributed by atoms with van der Waals surface area (Å²) >= 11 is 0. The van der Waals surface area contributed by atoms with E-state index in [4.69, 9.17) is 3.63 Å². The van der Waals surface area contributed by atoms with Crippen molar-refractivity contribution >= 4 is 32.0 Å². The fourth-order valence-electron chi connectivity index (χ4n) is 5.45. The van der Waals surface area contributed by atoms with E-state index in [-0.39, 0.29) is 40.3 Å². The van der Waals surface area contributed by atoms with Crippen molar-refractivity contribution in [3.63, 3.8) is 0 Å². The third-order valence-corrected chi connectivity index (χ3v) is 11.3. The predicted octanol–water partition coefficient (Wildman–Crippen LogP) is 3.47. The zero-order valence-electron chi connectivity index (χ0n) is 16.4. The van der Waals surface area contributed by atoms with Crippen LogP contribution in [0, 0.1) is 22.7 Å². The minimum atomic E-state index is -3.88. The maximum atomic E-state index is 12.9. The Morgan fingerprint density at radius 1 is 1.15 bits per heavy atom. The van der Waals surface area contributed by atoms with Crippen LogP contribution in [0.15, 0.2) is 0 Å². The molecule has 2 unspecified atom stereocenters. The third-order valence-electron chi connectivity index (χ3n) is 7.15. The lowest BCUT2D eigenvalue weighted by atomic mass is 9.70. The third kappa shape index (κ3) is 3.51. The van der Waals surface area contributed by atoms with Crippen LogP contribution in [0.5, 0.6) is 0 Å². The molecular formula is C19H32O5S2. The summed E-state index contributed by atoms with van der Waals surface area (Å²) in [6.07, 6.45) is 9.48. The Morgan fingerprint density at radius 3 is 2.27 bits per heavy atom. The zero-order valence-corrected chi connectivity index (χ0v) is 18.0. The van der Waals surface area contributed by atoms with Gasteiger partial charge in [-0.05, 0) is 49.5 Å². The number of carbonyl (C=O) groups excluding carboxylic acids is 2. The molecule has 3 fully saturated rings. The molecule has 0 heterocycles. The Balaban J connectivity index is 1.70. The molecule has 0 N–H and O–H groups in total. The van der Waals surface area contributed by atoms with Gasteiger partial charge >= 0.3 is 0 Å². The molecule has 0 aliphatic heterocycles. The minimum absolute atomic E-state index is 0.0672. The van der Waals surface area contributed by atoms with Gasteiger partial charge in [0.25, 0.3) is 10.1 Å². The quantitative estimate of drug-likeness (QED) is 0.649. The summed E-state index contributed by atoms with van der Waals surface area (Å²) in [5.41, 5.74) is -1.12. The van der Waals surface area contributed by atoms with Gasteiger partial charge in [0, 0.05) is 12.3 Å². The van der Waals surface area contributed by atoms with Crippen LogP contribution in [0.25, 0.3) is 0 Å². The van der Waals surface area contributed by atoms with Crippen molar-refractivity contribution in [3.8, 4) is 0 Å². The van der Waals surface area contributed by atoms with E-state index in [0.29, 0.717) is 12.8 Å². The van der Waals surface area contributed by atoms with Gasteiger partial charge in [0.2, 0.25) is 0 Å². The molecule has 0 aromatic rings. The van der Waals surface area contributed by atoms with Crippen LogP contribution in [0.2, 0.25) is 0 Å². The Hall–Kier alpha value is -0.400. The van der Waals surface area contributed by atoms with Gasteiger partial charge in [-0.15, -0.1) is 10.3 Å². The molecule has 2 atom stereocenters. The summed E-state index contributed by atoms with van der Waals surface area (Å²) in [7, 11) is -5.92. The summed E-state index contributed by atoms with van der Waals surface area (Å²) in [6, 6.07) is 0. The molecule has 0 saturated heterocycles. The van der Waals surface area contributed by atoms with E-state index >= 15 is 0 Å². The van der Waals surface area contributed by atoms with Crippen molar-refractivity contribution < 1.29 is 21.6 Å². The van der Waals surface area contributed by atoms with E-state index in [0.717, 1.165) is 32.1 Å². The highest BCUT2D eigenvalue weighted by Crippen LogP contribution is 2.64. The second-order valence-electron chi connectivity index (χ2n) is 9.47. The van der Waals surface area contributed by atoms with Gasteiger partial charge in [0.05, 0.1) is 16.9 Å². The van der Waals surface area contributed by atoms with Crippen LogP contribution in [0.3, 0.4) is 0 Å². The van der Waals surface area contributed by atoms with Crippen molar-refractivity contribution in [2.75, 3.05) is 24.0 Å². The molecule has 0 aromatic heterocycles. The number of hydrogen-bond acceptors (Lipinski definition) is 5. The van der Waals surface area contributed by atoms with Crippen molar-refractivity contribution in [2.24, 2.45) is 22.7 Å². The number of fused-ring (bicyclic) bond motifs is 2. The smallest absolute Gasteiger partial charge is 0.277 e. The van der Waals surface area contributed by atoms with Crippen molar-refractivity contribution in [1.29, 1.82) is 0 Å². The largest absolute Gasteiger partial charge is 0.299 e. The molecule has 2 bridgehead atoms. The Bertz CT molecular complexity index is 703. The summed E-state index contributed by atoms with van der Waals surface area (Å²) in [6.45, 7) is 4.04. The molecule has 5 nitrogen and oxygen atoms in total. The minimum Gasteiger partial charge on any atom is -0.299 e. The average Bonchev–Trinajstić information content (AvgIpc) is 3.11. The van der Waals surface area contributed by atoms with Crippen LogP contribution in [0.1, 0.15) is 58.8 Å². The van der Waals surface area contributed by atoms with E-state index in [1.807, 2.05) is 13.8 Å². The summed E-state index contributed by atoms with van der Waals surface area (Å²) in [5, 5.41) is 0. The van der Waals surface area contributed by atoms with Crippen LogP contribution in [-0.4, -0.2) is 44.0 Å². The molecule has 3 aliphatic carbocycles. The van der Waals surface area contributed by atoms with E-state index in [1.54, 1.807) is 12.5 Å². The van der Waals surface area contributed by atoms with Gasteiger partial charge in [-0.25, -0.2) is 3.63 Å². The lowest BCUT2D eigenvalue weighted by Gasteiger charge is -2.37. The fourth-order valence-corrected chi connectivity index (χ4v) is 10.3. The molecule has 3 rings (SSSR count). The standard InChI is InChI=1S/C19H32O5S2/c1-18(2)15-9-10-19(18,17(21)11-15)13-26(22,23)24-25(3,4)12-16(20)14-7-5-6-8-14/h14-15H,5-13H2,1-4H3. The molecule has 3 aliphatic rings. The highest BCUT2D eigenvalue weighted by molar-refractivity contribution is 8.32. The Kier molecular flexibility index (Phi) is 5.15. The van der Waals surface area contributed by atoms with Crippen molar-refractivity contribution in [1.82, 2.24) is 0 Å².